The Bertz CT molecular complexity index is 1240. The van der Waals surface area contributed by atoms with Gasteiger partial charge in [-0.15, -0.1) is 0 Å². The van der Waals surface area contributed by atoms with E-state index in [1.807, 2.05) is 20.8 Å². The molecular formula is C22H26N4O5. The van der Waals surface area contributed by atoms with Gasteiger partial charge in [0.25, 0.3) is 5.56 Å². The van der Waals surface area contributed by atoms with E-state index in [9.17, 15) is 9.59 Å². The number of aromatic nitrogens is 3. The molecule has 0 aliphatic carbocycles. The van der Waals surface area contributed by atoms with E-state index in [0.717, 1.165) is 41.7 Å². The highest BCUT2D eigenvalue weighted by atomic mass is 16.5. The number of furan rings is 1. The maximum Gasteiger partial charge on any atom is 0.297 e. The van der Waals surface area contributed by atoms with Crippen LogP contribution in [0.3, 0.4) is 0 Å². The number of ether oxygens (including phenoxy) is 2. The Labute approximate surface area is 178 Å². The number of carbonyl (C=O) groups excluding carboxylic acids is 1. The van der Waals surface area contributed by atoms with Gasteiger partial charge in [-0.2, -0.15) is 0 Å². The van der Waals surface area contributed by atoms with Crippen LogP contribution in [0.15, 0.2) is 15.5 Å². The summed E-state index contributed by atoms with van der Waals surface area (Å²) < 4.78 is 18.6. The van der Waals surface area contributed by atoms with Gasteiger partial charge in [0.1, 0.15) is 12.1 Å². The summed E-state index contributed by atoms with van der Waals surface area (Å²) in [6.07, 6.45) is 4.07. The van der Waals surface area contributed by atoms with Gasteiger partial charge in [-0.1, -0.05) is 0 Å². The van der Waals surface area contributed by atoms with Gasteiger partial charge in [0.15, 0.2) is 0 Å². The van der Waals surface area contributed by atoms with Crippen LogP contribution in [0.5, 0.6) is 0 Å². The number of nitrogens with zero attached hydrogens (tertiary/aromatic N) is 3. The number of carbonyl (C=O) groups is 1. The van der Waals surface area contributed by atoms with E-state index < -0.39 is 5.56 Å². The van der Waals surface area contributed by atoms with Crippen molar-refractivity contribution in [1.82, 2.24) is 19.9 Å². The molecule has 1 unspecified atom stereocenters. The van der Waals surface area contributed by atoms with Gasteiger partial charge in [0, 0.05) is 30.8 Å². The molecule has 3 aromatic rings. The molecule has 5 heterocycles. The number of rotatable bonds is 4. The van der Waals surface area contributed by atoms with E-state index in [4.69, 9.17) is 13.9 Å². The minimum atomic E-state index is -0.395. The lowest BCUT2D eigenvalue weighted by molar-refractivity contribution is -0.122. The number of amides is 1. The molecule has 5 rings (SSSR count). The number of fused-ring (bicyclic) bond motifs is 5. The van der Waals surface area contributed by atoms with E-state index in [1.165, 1.54) is 10.9 Å². The molecule has 9 heteroatoms. The molecule has 1 fully saturated rings. The molecule has 0 aromatic carbocycles. The van der Waals surface area contributed by atoms with Crippen LogP contribution in [0.2, 0.25) is 0 Å². The molecule has 0 saturated carbocycles. The number of hydrogen-bond donors (Lipinski definition) is 1. The van der Waals surface area contributed by atoms with Crippen molar-refractivity contribution < 1.29 is 18.7 Å². The second-order valence-electron chi connectivity index (χ2n) is 8.96. The highest BCUT2D eigenvalue weighted by Gasteiger charge is 2.31. The zero-order valence-electron chi connectivity index (χ0n) is 18.0. The zero-order chi connectivity index (χ0) is 21.8. The minimum Gasteiger partial charge on any atom is -0.430 e. The Balaban J connectivity index is 1.50. The van der Waals surface area contributed by atoms with E-state index in [2.05, 4.69) is 15.3 Å². The standard InChI is InChI=1S/C22H26N4O5/c1-12-15-10-30-22(2,3)7-14(15)17-18-19(31-20(17)25-12)21(28)26(11-24-18)9-16(27)23-8-13-5-4-6-29-13/h11,13H,4-10H2,1-3H3,(H,23,27). The molecule has 1 atom stereocenters. The fourth-order valence-electron chi connectivity index (χ4n) is 4.42. The maximum absolute atomic E-state index is 13.0. The van der Waals surface area contributed by atoms with Crippen LogP contribution in [-0.4, -0.2) is 45.3 Å². The van der Waals surface area contributed by atoms with E-state index >= 15 is 0 Å². The van der Waals surface area contributed by atoms with Crippen molar-refractivity contribution in [3.8, 4) is 0 Å². The summed E-state index contributed by atoms with van der Waals surface area (Å²) in [5.74, 6) is -0.264. The summed E-state index contributed by atoms with van der Waals surface area (Å²) in [5, 5.41) is 3.59. The number of aryl methyl sites for hydroxylation is 1. The molecule has 0 spiro atoms. The number of nitrogens with one attached hydrogen (secondary N) is 1. The molecule has 1 saturated heterocycles. The summed E-state index contributed by atoms with van der Waals surface area (Å²) >= 11 is 0. The molecular weight excluding hydrogens is 400 g/mol. The van der Waals surface area contributed by atoms with Crippen molar-refractivity contribution in [3.63, 3.8) is 0 Å². The molecule has 31 heavy (non-hydrogen) atoms. The third-order valence-electron chi connectivity index (χ3n) is 6.09. The van der Waals surface area contributed by atoms with Gasteiger partial charge in [-0.3, -0.25) is 14.2 Å². The first-order valence-electron chi connectivity index (χ1n) is 10.6. The molecule has 1 N–H and O–H groups in total. The first-order valence-corrected chi connectivity index (χ1v) is 10.6. The lowest BCUT2D eigenvalue weighted by Gasteiger charge is -2.32. The second-order valence-corrected chi connectivity index (χ2v) is 8.96. The third kappa shape index (κ3) is 3.61. The van der Waals surface area contributed by atoms with Gasteiger partial charge < -0.3 is 19.2 Å². The van der Waals surface area contributed by atoms with Crippen LogP contribution >= 0.6 is 0 Å². The summed E-state index contributed by atoms with van der Waals surface area (Å²) in [6.45, 7) is 7.50. The largest absolute Gasteiger partial charge is 0.430 e. The molecule has 164 valence electrons. The second kappa shape index (κ2) is 7.42. The molecule has 0 radical (unpaired) electrons. The lowest BCUT2D eigenvalue weighted by atomic mass is 9.89. The first-order chi connectivity index (χ1) is 14.8. The first kappa shape index (κ1) is 20.1. The molecule has 1 amide bonds. The van der Waals surface area contributed by atoms with Crippen molar-refractivity contribution in [1.29, 1.82) is 0 Å². The fraction of sp³-hybridized carbons (Fsp3) is 0.545. The van der Waals surface area contributed by atoms with Crippen molar-refractivity contribution in [3.05, 3.63) is 33.5 Å². The van der Waals surface area contributed by atoms with Crippen LogP contribution in [0.1, 0.15) is 43.5 Å². The number of pyridine rings is 1. The highest BCUT2D eigenvalue weighted by Crippen LogP contribution is 2.37. The van der Waals surface area contributed by atoms with Crippen molar-refractivity contribution in [2.75, 3.05) is 13.2 Å². The SMILES string of the molecule is Cc1nc2oc3c(=O)n(CC(=O)NCC4CCCO4)cnc3c2c2c1COC(C)(C)C2. The van der Waals surface area contributed by atoms with Gasteiger partial charge in [0.05, 0.1) is 30.0 Å². The Morgan fingerprint density at radius 1 is 1.35 bits per heavy atom. The van der Waals surface area contributed by atoms with Gasteiger partial charge in [-0.25, -0.2) is 9.97 Å². The summed E-state index contributed by atoms with van der Waals surface area (Å²) in [4.78, 5) is 34.4. The quantitative estimate of drug-likeness (QED) is 0.680. The van der Waals surface area contributed by atoms with Gasteiger partial charge >= 0.3 is 0 Å². The molecule has 0 bridgehead atoms. The van der Waals surface area contributed by atoms with Crippen LogP contribution in [0.25, 0.3) is 22.2 Å². The highest BCUT2D eigenvalue weighted by molar-refractivity contribution is 6.03. The third-order valence-corrected chi connectivity index (χ3v) is 6.09. The topological polar surface area (TPSA) is 108 Å². The summed E-state index contributed by atoms with van der Waals surface area (Å²) in [5.41, 5.74) is 3.19. The average molecular weight is 426 g/mol. The Kier molecular flexibility index (Phi) is 4.82. The summed E-state index contributed by atoms with van der Waals surface area (Å²) in [6, 6.07) is 0. The monoisotopic (exact) mass is 426 g/mol. The molecule has 2 aliphatic rings. The molecule has 2 aliphatic heterocycles. The van der Waals surface area contributed by atoms with Crippen molar-refractivity contribution in [2.45, 2.75) is 64.9 Å². The van der Waals surface area contributed by atoms with Crippen LogP contribution in [-0.2, 0) is 33.8 Å². The zero-order valence-corrected chi connectivity index (χ0v) is 18.0. The van der Waals surface area contributed by atoms with E-state index in [0.29, 0.717) is 30.8 Å². The van der Waals surface area contributed by atoms with E-state index in [-0.39, 0.29) is 29.7 Å². The van der Waals surface area contributed by atoms with Gasteiger partial charge in [-0.05, 0) is 39.2 Å². The Hall–Kier alpha value is -2.78. The van der Waals surface area contributed by atoms with Crippen LogP contribution in [0, 0.1) is 6.92 Å². The Morgan fingerprint density at radius 2 is 2.19 bits per heavy atom. The summed E-state index contributed by atoms with van der Waals surface area (Å²) in [7, 11) is 0. The van der Waals surface area contributed by atoms with Crippen molar-refractivity contribution in [2.24, 2.45) is 0 Å². The van der Waals surface area contributed by atoms with E-state index in [1.54, 1.807) is 0 Å². The lowest BCUT2D eigenvalue weighted by Crippen LogP contribution is -2.36. The fourth-order valence-corrected chi connectivity index (χ4v) is 4.42. The smallest absolute Gasteiger partial charge is 0.297 e. The molecule has 3 aromatic heterocycles. The number of hydrogen-bond acceptors (Lipinski definition) is 7. The predicted molar refractivity (Wildman–Crippen MR) is 113 cm³/mol. The average Bonchev–Trinajstić information content (AvgIpc) is 3.35. The predicted octanol–water partition coefficient (Wildman–Crippen LogP) is 1.99. The minimum absolute atomic E-state index is 0.0466. The normalized spacial score (nSPS) is 20.3. The molecule has 9 nitrogen and oxygen atoms in total. The van der Waals surface area contributed by atoms with Crippen molar-refractivity contribution >= 4 is 28.1 Å². The van der Waals surface area contributed by atoms with Crippen LogP contribution < -0.4 is 10.9 Å². The van der Waals surface area contributed by atoms with Crippen LogP contribution in [0.4, 0.5) is 0 Å². The maximum atomic E-state index is 13.0. The Morgan fingerprint density at radius 3 is 2.97 bits per heavy atom. The van der Waals surface area contributed by atoms with Gasteiger partial charge in [0.2, 0.25) is 17.2 Å².